The monoisotopic (exact) mass is 313 g/mol. The molecule has 0 radical (unpaired) electrons. The summed E-state index contributed by atoms with van der Waals surface area (Å²) < 4.78 is 30.8. The molecule has 9 nitrogen and oxygen atoms in total. The van der Waals surface area contributed by atoms with Gasteiger partial charge < -0.3 is 9.72 Å². The summed E-state index contributed by atoms with van der Waals surface area (Å²) in [6.07, 6.45) is 4.25. The third-order valence-electron chi connectivity index (χ3n) is 2.70. The number of nitrogens with zero attached hydrogens (tertiary/aromatic N) is 3. The summed E-state index contributed by atoms with van der Waals surface area (Å²) in [5, 5.41) is 5.65. The van der Waals surface area contributed by atoms with E-state index in [0.717, 1.165) is 10.5 Å². The molecule has 2 aromatic rings. The molecule has 0 unspecified atom stereocenters. The first-order valence-electron chi connectivity index (χ1n) is 6.12. The largest absolute Gasteiger partial charge is 0.462 e. The van der Waals surface area contributed by atoms with Crippen LogP contribution in [-0.2, 0) is 21.3 Å². The van der Waals surface area contributed by atoms with E-state index in [1.165, 1.54) is 13.2 Å². The Balaban J connectivity index is 2.27. The van der Waals surface area contributed by atoms with Crippen LogP contribution in [0.5, 0.6) is 0 Å². The average molecular weight is 313 g/mol. The number of carbonyl (C=O) groups excluding carboxylic acids is 1. The molecule has 2 N–H and O–H groups in total. The van der Waals surface area contributed by atoms with E-state index < -0.39 is 16.0 Å². The van der Waals surface area contributed by atoms with E-state index in [9.17, 15) is 13.2 Å². The standard InChI is InChI=1S/C11H15N5O4S/c1-3-20-11(17)8-6-14-15-10(8)21(18,19)16(2)7-9-12-4-5-13-9/h4-6H,3,7H2,1-2H3,(H,12,13)(H,14,15). The molecule has 0 aromatic carbocycles. The maximum Gasteiger partial charge on any atom is 0.342 e. The van der Waals surface area contributed by atoms with Gasteiger partial charge in [-0.05, 0) is 6.92 Å². The quantitative estimate of drug-likeness (QED) is 0.731. The summed E-state index contributed by atoms with van der Waals surface area (Å²) in [5.41, 5.74) is -0.122. The Morgan fingerprint density at radius 3 is 2.86 bits per heavy atom. The number of carbonyl (C=O) groups is 1. The number of sulfonamides is 1. The van der Waals surface area contributed by atoms with Gasteiger partial charge in [-0.3, -0.25) is 5.10 Å². The van der Waals surface area contributed by atoms with Crippen molar-refractivity contribution in [2.45, 2.75) is 18.5 Å². The van der Waals surface area contributed by atoms with Crippen LogP contribution in [0.2, 0.25) is 0 Å². The lowest BCUT2D eigenvalue weighted by atomic mass is 10.4. The van der Waals surface area contributed by atoms with Gasteiger partial charge in [-0.2, -0.15) is 9.40 Å². The number of nitrogens with one attached hydrogen (secondary N) is 2. The van der Waals surface area contributed by atoms with Gasteiger partial charge in [0.25, 0.3) is 10.0 Å². The van der Waals surface area contributed by atoms with Crippen LogP contribution in [0.15, 0.2) is 23.6 Å². The predicted molar refractivity (Wildman–Crippen MR) is 71.8 cm³/mol. The highest BCUT2D eigenvalue weighted by Gasteiger charge is 2.30. The fourth-order valence-corrected chi connectivity index (χ4v) is 2.85. The molecule has 0 aliphatic carbocycles. The van der Waals surface area contributed by atoms with Crippen molar-refractivity contribution in [3.63, 3.8) is 0 Å². The Kier molecular flexibility index (Phi) is 4.38. The first-order valence-corrected chi connectivity index (χ1v) is 7.56. The van der Waals surface area contributed by atoms with Gasteiger partial charge in [0.2, 0.25) is 0 Å². The Morgan fingerprint density at radius 2 is 2.24 bits per heavy atom. The second kappa shape index (κ2) is 6.06. The van der Waals surface area contributed by atoms with Crippen molar-refractivity contribution in [3.05, 3.63) is 30.0 Å². The van der Waals surface area contributed by atoms with Crippen molar-refractivity contribution in [2.24, 2.45) is 0 Å². The number of rotatable bonds is 6. The zero-order valence-electron chi connectivity index (χ0n) is 11.5. The fraction of sp³-hybridized carbons (Fsp3) is 0.364. The lowest BCUT2D eigenvalue weighted by molar-refractivity contribution is 0.0521. The minimum absolute atomic E-state index is 0.0383. The van der Waals surface area contributed by atoms with E-state index in [1.54, 1.807) is 13.1 Å². The van der Waals surface area contributed by atoms with E-state index in [1.807, 2.05) is 0 Å². The Morgan fingerprint density at radius 1 is 1.48 bits per heavy atom. The van der Waals surface area contributed by atoms with Crippen molar-refractivity contribution >= 4 is 16.0 Å². The molecule has 0 saturated heterocycles. The SMILES string of the molecule is CCOC(=O)c1cn[nH]c1S(=O)(=O)N(C)Cc1ncc[nH]1. The van der Waals surface area contributed by atoms with Crippen LogP contribution in [0.1, 0.15) is 23.1 Å². The zero-order valence-corrected chi connectivity index (χ0v) is 12.3. The zero-order chi connectivity index (χ0) is 15.5. The molecule has 0 fully saturated rings. The molecule has 0 saturated carbocycles. The molecule has 0 atom stereocenters. The normalized spacial score (nSPS) is 11.8. The van der Waals surface area contributed by atoms with Gasteiger partial charge in [0.05, 0.1) is 19.3 Å². The molecule has 0 amide bonds. The van der Waals surface area contributed by atoms with Crippen molar-refractivity contribution in [3.8, 4) is 0 Å². The second-order valence-corrected chi connectivity index (χ2v) is 6.11. The van der Waals surface area contributed by atoms with Gasteiger partial charge in [-0.15, -0.1) is 0 Å². The molecule has 0 spiro atoms. The minimum atomic E-state index is -3.91. The van der Waals surface area contributed by atoms with Crippen LogP contribution in [0.4, 0.5) is 0 Å². The topological polar surface area (TPSA) is 121 Å². The number of imidazole rings is 1. The van der Waals surface area contributed by atoms with Gasteiger partial charge in [-0.1, -0.05) is 0 Å². The van der Waals surface area contributed by atoms with E-state index in [4.69, 9.17) is 4.74 Å². The van der Waals surface area contributed by atoms with E-state index in [-0.39, 0.29) is 23.7 Å². The van der Waals surface area contributed by atoms with Gasteiger partial charge in [-0.25, -0.2) is 18.2 Å². The van der Waals surface area contributed by atoms with Crippen molar-refractivity contribution in [1.29, 1.82) is 0 Å². The number of hydrogen-bond acceptors (Lipinski definition) is 6. The molecule has 0 aliphatic rings. The van der Waals surface area contributed by atoms with Crippen LogP contribution >= 0.6 is 0 Å². The number of hydrogen-bond donors (Lipinski definition) is 2. The average Bonchev–Trinajstić information content (AvgIpc) is 3.09. The van der Waals surface area contributed by atoms with E-state index in [0.29, 0.717) is 5.82 Å². The highest BCUT2D eigenvalue weighted by Crippen LogP contribution is 2.18. The van der Waals surface area contributed by atoms with Crippen molar-refractivity contribution < 1.29 is 17.9 Å². The van der Waals surface area contributed by atoms with Crippen LogP contribution in [-0.4, -0.2) is 52.5 Å². The molecular formula is C11H15N5O4S. The summed E-state index contributed by atoms with van der Waals surface area (Å²) in [7, 11) is -2.53. The number of H-pyrrole nitrogens is 2. The summed E-state index contributed by atoms with van der Waals surface area (Å²) in [6.45, 7) is 1.82. The first kappa shape index (κ1) is 15.2. The summed E-state index contributed by atoms with van der Waals surface area (Å²) in [6, 6.07) is 0. The van der Waals surface area contributed by atoms with E-state index in [2.05, 4.69) is 20.2 Å². The van der Waals surface area contributed by atoms with Gasteiger partial charge in [0, 0.05) is 19.4 Å². The molecule has 0 aliphatic heterocycles. The van der Waals surface area contributed by atoms with Gasteiger partial charge in [0.1, 0.15) is 11.4 Å². The number of ether oxygens (including phenoxy) is 1. The Hall–Kier alpha value is -2.20. The first-order chi connectivity index (χ1) is 9.96. The van der Waals surface area contributed by atoms with Gasteiger partial charge >= 0.3 is 5.97 Å². The highest BCUT2D eigenvalue weighted by atomic mass is 32.2. The molecule has 2 rings (SSSR count). The molecule has 10 heteroatoms. The maximum atomic E-state index is 12.5. The van der Waals surface area contributed by atoms with Crippen LogP contribution in [0, 0.1) is 0 Å². The maximum absolute atomic E-state index is 12.5. The number of aromatic amines is 2. The molecular weight excluding hydrogens is 298 g/mol. The lowest BCUT2D eigenvalue weighted by Crippen LogP contribution is -2.28. The Labute approximate surface area is 121 Å². The molecule has 114 valence electrons. The summed E-state index contributed by atoms with van der Waals surface area (Å²) in [4.78, 5) is 18.5. The second-order valence-electron chi connectivity index (χ2n) is 4.13. The molecule has 2 aromatic heterocycles. The predicted octanol–water partition coefficient (Wildman–Crippen LogP) is 0.130. The molecule has 21 heavy (non-hydrogen) atoms. The van der Waals surface area contributed by atoms with Crippen molar-refractivity contribution in [2.75, 3.05) is 13.7 Å². The fourth-order valence-electron chi connectivity index (χ4n) is 1.66. The summed E-state index contributed by atoms with van der Waals surface area (Å²) in [5.74, 6) is -0.255. The molecule has 2 heterocycles. The van der Waals surface area contributed by atoms with Crippen molar-refractivity contribution in [1.82, 2.24) is 24.5 Å². The van der Waals surface area contributed by atoms with E-state index >= 15 is 0 Å². The smallest absolute Gasteiger partial charge is 0.342 e. The van der Waals surface area contributed by atoms with Crippen LogP contribution in [0.25, 0.3) is 0 Å². The highest BCUT2D eigenvalue weighted by molar-refractivity contribution is 7.89. The minimum Gasteiger partial charge on any atom is -0.462 e. The third-order valence-corrected chi connectivity index (χ3v) is 4.47. The third kappa shape index (κ3) is 3.11. The number of aromatic nitrogens is 4. The summed E-state index contributed by atoms with van der Waals surface area (Å²) >= 11 is 0. The Bertz CT molecular complexity index is 707. The number of esters is 1. The van der Waals surface area contributed by atoms with Gasteiger partial charge in [0.15, 0.2) is 5.03 Å². The van der Waals surface area contributed by atoms with Crippen LogP contribution < -0.4 is 0 Å². The molecule has 0 bridgehead atoms. The lowest BCUT2D eigenvalue weighted by Gasteiger charge is -2.15. The van der Waals surface area contributed by atoms with Crippen LogP contribution in [0.3, 0.4) is 0 Å².